The second kappa shape index (κ2) is 6.31. The normalized spacial score (nSPS) is 11.9. The molecule has 0 aliphatic carbocycles. The van der Waals surface area contributed by atoms with E-state index in [1.54, 1.807) is 6.20 Å². The zero-order valence-electron chi connectivity index (χ0n) is 11.1. The smallest absolute Gasteiger partial charge is 0.335 e. The van der Waals surface area contributed by atoms with Gasteiger partial charge >= 0.3 is 5.97 Å². The van der Waals surface area contributed by atoms with Crippen LogP contribution in [0.3, 0.4) is 0 Å². The van der Waals surface area contributed by atoms with Crippen LogP contribution in [0.1, 0.15) is 28.2 Å². The van der Waals surface area contributed by atoms with E-state index >= 15 is 0 Å². The van der Waals surface area contributed by atoms with Gasteiger partial charge in [-0.05, 0) is 12.1 Å². The molecule has 0 fully saturated rings. The highest BCUT2D eigenvalue weighted by Crippen LogP contribution is 2.27. The topological polar surface area (TPSA) is 105 Å². The fraction of sp³-hybridized carbons (Fsp3) is 0.231. The molecule has 2 N–H and O–H groups in total. The highest BCUT2D eigenvalue weighted by atomic mass is 32.1. The van der Waals surface area contributed by atoms with Crippen molar-refractivity contribution in [2.75, 3.05) is 11.9 Å². The summed E-state index contributed by atoms with van der Waals surface area (Å²) in [6.07, 6.45) is 1.70. The zero-order valence-corrected chi connectivity index (χ0v) is 12.0. The Hall–Kier alpha value is -2.48. The van der Waals surface area contributed by atoms with Gasteiger partial charge in [0, 0.05) is 30.1 Å². The van der Waals surface area contributed by atoms with E-state index < -0.39 is 10.9 Å². The molecule has 0 aliphatic rings. The van der Waals surface area contributed by atoms with Crippen molar-refractivity contribution in [3.8, 4) is 0 Å². The van der Waals surface area contributed by atoms with E-state index in [9.17, 15) is 14.9 Å². The van der Waals surface area contributed by atoms with Gasteiger partial charge in [0.05, 0.1) is 15.5 Å². The third-order valence-corrected chi connectivity index (χ3v) is 3.92. The maximum absolute atomic E-state index is 11.0. The molecule has 0 aliphatic heterocycles. The number of thiazole rings is 1. The lowest BCUT2D eigenvalue weighted by Gasteiger charge is -2.12. The van der Waals surface area contributed by atoms with Crippen LogP contribution < -0.4 is 5.32 Å². The summed E-state index contributed by atoms with van der Waals surface area (Å²) in [6.45, 7) is 2.37. The molecule has 2 rings (SSSR count). The van der Waals surface area contributed by atoms with Crippen molar-refractivity contribution >= 4 is 28.7 Å². The van der Waals surface area contributed by atoms with Crippen LogP contribution in [0.15, 0.2) is 29.8 Å². The van der Waals surface area contributed by atoms with Gasteiger partial charge in [-0.3, -0.25) is 10.1 Å². The van der Waals surface area contributed by atoms with E-state index in [-0.39, 0.29) is 22.9 Å². The first-order valence-corrected chi connectivity index (χ1v) is 7.02. The van der Waals surface area contributed by atoms with E-state index in [1.807, 2.05) is 12.3 Å². The van der Waals surface area contributed by atoms with Gasteiger partial charge in [-0.15, -0.1) is 11.3 Å². The number of aromatic carboxylic acids is 1. The Labute approximate surface area is 124 Å². The number of carbonyl (C=O) groups is 1. The SMILES string of the molecule is CC(CNc1cc(C(=O)O)ccc1[N+](=O)[O-])c1nccs1. The molecular formula is C13H13N3O4S. The number of rotatable bonds is 6. The largest absolute Gasteiger partial charge is 0.478 e. The summed E-state index contributed by atoms with van der Waals surface area (Å²) in [7, 11) is 0. The highest BCUT2D eigenvalue weighted by molar-refractivity contribution is 7.09. The number of benzene rings is 1. The van der Waals surface area contributed by atoms with Crippen LogP contribution in [0.2, 0.25) is 0 Å². The average Bonchev–Trinajstić information content (AvgIpc) is 2.98. The third kappa shape index (κ3) is 3.54. The summed E-state index contributed by atoms with van der Waals surface area (Å²) in [6, 6.07) is 3.69. The van der Waals surface area contributed by atoms with Gasteiger partial charge in [0.25, 0.3) is 5.69 Å². The van der Waals surface area contributed by atoms with Gasteiger partial charge in [-0.1, -0.05) is 6.92 Å². The van der Waals surface area contributed by atoms with Crippen LogP contribution >= 0.6 is 11.3 Å². The number of nitro benzene ring substituents is 1. The van der Waals surface area contributed by atoms with Crippen LogP contribution in [0.5, 0.6) is 0 Å². The lowest BCUT2D eigenvalue weighted by Crippen LogP contribution is -2.11. The second-order valence-electron chi connectivity index (χ2n) is 4.45. The molecule has 0 radical (unpaired) electrons. The third-order valence-electron chi connectivity index (χ3n) is 2.91. The summed E-state index contributed by atoms with van der Waals surface area (Å²) in [4.78, 5) is 25.6. The molecule has 21 heavy (non-hydrogen) atoms. The van der Waals surface area contributed by atoms with E-state index in [2.05, 4.69) is 10.3 Å². The first kappa shape index (κ1) is 14.9. The molecule has 0 saturated heterocycles. The number of nitro groups is 1. The number of nitrogens with one attached hydrogen (secondary N) is 1. The molecule has 7 nitrogen and oxygen atoms in total. The Balaban J connectivity index is 2.19. The Morgan fingerprint density at radius 3 is 2.90 bits per heavy atom. The predicted molar refractivity (Wildman–Crippen MR) is 79.1 cm³/mol. The molecular weight excluding hydrogens is 294 g/mol. The Morgan fingerprint density at radius 2 is 2.33 bits per heavy atom. The van der Waals surface area contributed by atoms with E-state index in [0.717, 1.165) is 5.01 Å². The van der Waals surface area contributed by atoms with Crippen LogP contribution in [0, 0.1) is 10.1 Å². The van der Waals surface area contributed by atoms with Crippen molar-refractivity contribution in [2.45, 2.75) is 12.8 Å². The van der Waals surface area contributed by atoms with Crippen LogP contribution in [-0.4, -0.2) is 27.5 Å². The minimum Gasteiger partial charge on any atom is -0.478 e. The lowest BCUT2D eigenvalue weighted by molar-refractivity contribution is -0.384. The molecule has 0 amide bonds. The van der Waals surface area contributed by atoms with Crippen molar-refractivity contribution in [3.05, 3.63) is 50.5 Å². The molecule has 2 aromatic rings. The minimum atomic E-state index is -1.12. The Kier molecular flexibility index (Phi) is 4.49. The van der Waals surface area contributed by atoms with Crippen molar-refractivity contribution in [2.24, 2.45) is 0 Å². The molecule has 0 bridgehead atoms. The maximum Gasteiger partial charge on any atom is 0.335 e. The fourth-order valence-electron chi connectivity index (χ4n) is 1.80. The number of hydrogen-bond acceptors (Lipinski definition) is 6. The lowest BCUT2D eigenvalue weighted by atomic mass is 10.1. The summed E-state index contributed by atoms with van der Waals surface area (Å²) >= 11 is 1.51. The van der Waals surface area contributed by atoms with Gasteiger partial charge in [-0.2, -0.15) is 0 Å². The number of nitrogens with zero attached hydrogens (tertiary/aromatic N) is 2. The molecule has 1 aromatic heterocycles. The standard InChI is InChI=1S/C13H13N3O4S/c1-8(12-14-4-5-21-12)7-15-10-6-9(13(17)18)2-3-11(10)16(19)20/h2-6,8,15H,7H2,1H3,(H,17,18). The average molecular weight is 307 g/mol. The molecule has 8 heteroatoms. The summed E-state index contributed by atoms with van der Waals surface area (Å²) in [5.74, 6) is -1.06. The Morgan fingerprint density at radius 1 is 1.57 bits per heavy atom. The number of anilines is 1. The molecule has 0 saturated carbocycles. The van der Waals surface area contributed by atoms with Crippen molar-refractivity contribution in [1.82, 2.24) is 4.98 Å². The number of hydrogen-bond donors (Lipinski definition) is 2. The molecule has 1 heterocycles. The second-order valence-corrected chi connectivity index (χ2v) is 5.37. The van der Waals surface area contributed by atoms with Crippen molar-refractivity contribution in [1.29, 1.82) is 0 Å². The van der Waals surface area contributed by atoms with Crippen molar-refractivity contribution in [3.63, 3.8) is 0 Å². The first-order chi connectivity index (χ1) is 9.99. The fourth-order valence-corrected chi connectivity index (χ4v) is 2.50. The number of carboxylic acid groups (broad SMARTS) is 1. The Bertz CT molecular complexity index is 657. The van der Waals surface area contributed by atoms with Gasteiger partial charge in [-0.25, -0.2) is 9.78 Å². The summed E-state index contributed by atoms with van der Waals surface area (Å²) in [5, 5.41) is 25.7. The van der Waals surface area contributed by atoms with Crippen molar-refractivity contribution < 1.29 is 14.8 Å². The molecule has 1 atom stereocenters. The zero-order chi connectivity index (χ0) is 15.4. The predicted octanol–water partition coefficient (Wildman–Crippen LogP) is 2.97. The van der Waals surface area contributed by atoms with E-state index in [1.165, 1.54) is 29.5 Å². The maximum atomic E-state index is 11.0. The van der Waals surface area contributed by atoms with Gasteiger partial charge in [0.2, 0.25) is 0 Å². The quantitative estimate of drug-likeness (QED) is 0.628. The van der Waals surface area contributed by atoms with E-state index in [0.29, 0.717) is 6.54 Å². The van der Waals surface area contributed by atoms with Crippen LogP contribution in [-0.2, 0) is 0 Å². The molecule has 0 spiro atoms. The monoisotopic (exact) mass is 307 g/mol. The number of aromatic nitrogens is 1. The number of carboxylic acids is 1. The first-order valence-electron chi connectivity index (χ1n) is 6.14. The minimum absolute atomic E-state index is 0.00463. The van der Waals surface area contributed by atoms with Gasteiger partial charge in [0.1, 0.15) is 5.69 Å². The highest BCUT2D eigenvalue weighted by Gasteiger charge is 2.17. The molecule has 1 unspecified atom stereocenters. The van der Waals surface area contributed by atoms with Crippen LogP contribution in [0.4, 0.5) is 11.4 Å². The van der Waals surface area contributed by atoms with Crippen LogP contribution in [0.25, 0.3) is 0 Å². The van der Waals surface area contributed by atoms with Gasteiger partial charge in [0.15, 0.2) is 0 Å². The van der Waals surface area contributed by atoms with E-state index in [4.69, 9.17) is 5.11 Å². The molecule has 1 aromatic carbocycles. The molecule has 110 valence electrons. The summed E-state index contributed by atoms with van der Waals surface area (Å²) < 4.78 is 0. The van der Waals surface area contributed by atoms with Gasteiger partial charge < -0.3 is 10.4 Å². The summed E-state index contributed by atoms with van der Waals surface area (Å²) in [5.41, 5.74) is 0.0552.